The minimum Gasteiger partial charge on any atom is -0.350 e. The minimum absolute atomic E-state index is 0.937. The maximum Gasteiger partial charge on any atom is 0.0470 e. The number of nitrogens with zero attached hydrogens (tertiary/aromatic N) is 2. The number of hydrogen-bond acceptors (Lipinski definition) is 0. The van der Waals surface area contributed by atoms with Crippen molar-refractivity contribution in [3.63, 3.8) is 0 Å². The third kappa shape index (κ3) is 2.54. The average molecular weight is 236 g/mol. The quantitative estimate of drug-likeness (QED) is 0.657. The van der Waals surface area contributed by atoms with Gasteiger partial charge in [0.25, 0.3) is 0 Å². The van der Waals surface area contributed by atoms with Crippen molar-refractivity contribution in [1.82, 2.24) is 9.13 Å². The molecule has 0 amide bonds. The molecule has 2 nitrogen and oxygen atoms in total. The van der Waals surface area contributed by atoms with E-state index in [9.17, 15) is 0 Å². The fourth-order valence-electron chi connectivity index (χ4n) is 2.20. The lowest BCUT2D eigenvalue weighted by Gasteiger charge is -2.07. The minimum atomic E-state index is 0.937. The van der Waals surface area contributed by atoms with E-state index in [0.29, 0.717) is 0 Å². The van der Waals surface area contributed by atoms with E-state index in [2.05, 4.69) is 82.5 Å². The average Bonchev–Trinajstić information content (AvgIpc) is 3.03. The highest BCUT2D eigenvalue weighted by atomic mass is 14.9. The summed E-state index contributed by atoms with van der Waals surface area (Å²) in [4.78, 5) is 0. The van der Waals surface area contributed by atoms with Crippen LogP contribution in [0.5, 0.6) is 0 Å². The van der Waals surface area contributed by atoms with Gasteiger partial charge < -0.3 is 9.13 Å². The topological polar surface area (TPSA) is 9.86 Å². The van der Waals surface area contributed by atoms with Crippen LogP contribution >= 0.6 is 0 Å². The SMILES string of the molecule is c1cc(Cn2cccc2)cc(Cn2cccc2)c1. The summed E-state index contributed by atoms with van der Waals surface area (Å²) in [6.45, 7) is 1.87. The highest BCUT2D eigenvalue weighted by molar-refractivity contribution is 5.24. The van der Waals surface area contributed by atoms with Gasteiger partial charge in [0.05, 0.1) is 0 Å². The molecule has 0 fully saturated rings. The van der Waals surface area contributed by atoms with Gasteiger partial charge in [-0.25, -0.2) is 0 Å². The number of benzene rings is 1. The van der Waals surface area contributed by atoms with Crippen LogP contribution < -0.4 is 0 Å². The van der Waals surface area contributed by atoms with Gasteiger partial charge in [-0.3, -0.25) is 0 Å². The first-order valence-corrected chi connectivity index (χ1v) is 6.19. The molecule has 90 valence electrons. The van der Waals surface area contributed by atoms with Crippen LogP contribution in [-0.2, 0) is 13.1 Å². The Balaban J connectivity index is 1.76. The molecule has 3 aromatic rings. The fourth-order valence-corrected chi connectivity index (χ4v) is 2.20. The Hall–Kier alpha value is -2.22. The Morgan fingerprint density at radius 3 is 1.50 bits per heavy atom. The molecule has 2 aromatic heterocycles. The van der Waals surface area contributed by atoms with Crippen molar-refractivity contribution in [2.45, 2.75) is 13.1 Å². The van der Waals surface area contributed by atoms with E-state index in [0.717, 1.165) is 13.1 Å². The van der Waals surface area contributed by atoms with Crippen LogP contribution in [0.25, 0.3) is 0 Å². The summed E-state index contributed by atoms with van der Waals surface area (Å²) in [5.74, 6) is 0. The summed E-state index contributed by atoms with van der Waals surface area (Å²) in [6, 6.07) is 17.0. The zero-order valence-electron chi connectivity index (χ0n) is 10.2. The van der Waals surface area contributed by atoms with E-state index >= 15 is 0 Å². The third-order valence-corrected chi connectivity index (χ3v) is 3.05. The van der Waals surface area contributed by atoms with Crippen LogP contribution in [0.15, 0.2) is 73.3 Å². The Bertz CT molecular complexity index is 540. The molecule has 1 aromatic carbocycles. The molecule has 0 unspecified atom stereocenters. The maximum atomic E-state index is 2.28. The Kier molecular flexibility index (Phi) is 3.01. The van der Waals surface area contributed by atoms with Crippen molar-refractivity contribution in [2.24, 2.45) is 0 Å². The Labute approximate surface area is 107 Å². The summed E-state index contributed by atoms with van der Waals surface area (Å²) in [5.41, 5.74) is 2.69. The summed E-state index contributed by atoms with van der Waals surface area (Å²) in [5, 5.41) is 0. The largest absolute Gasteiger partial charge is 0.350 e. The van der Waals surface area contributed by atoms with E-state index < -0.39 is 0 Å². The van der Waals surface area contributed by atoms with Crippen LogP contribution in [0, 0.1) is 0 Å². The second-order valence-electron chi connectivity index (χ2n) is 4.53. The molecule has 0 spiro atoms. The van der Waals surface area contributed by atoms with Crippen molar-refractivity contribution < 1.29 is 0 Å². The maximum absolute atomic E-state index is 2.28. The second kappa shape index (κ2) is 4.96. The third-order valence-electron chi connectivity index (χ3n) is 3.05. The molecule has 0 N–H and O–H groups in total. The lowest BCUT2D eigenvalue weighted by molar-refractivity contribution is 0.786. The van der Waals surface area contributed by atoms with Gasteiger partial charge in [0.1, 0.15) is 0 Å². The van der Waals surface area contributed by atoms with Gasteiger partial charge >= 0.3 is 0 Å². The lowest BCUT2D eigenvalue weighted by atomic mass is 10.1. The van der Waals surface area contributed by atoms with Gasteiger partial charge in [-0.1, -0.05) is 24.3 Å². The van der Waals surface area contributed by atoms with Gasteiger partial charge in [-0.15, -0.1) is 0 Å². The molecule has 18 heavy (non-hydrogen) atoms. The van der Waals surface area contributed by atoms with Crippen molar-refractivity contribution >= 4 is 0 Å². The number of hydrogen-bond donors (Lipinski definition) is 0. The highest BCUT2D eigenvalue weighted by Gasteiger charge is 1.98. The van der Waals surface area contributed by atoms with Gasteiger partial charge in [-0.05, 0) is 35.4 Å². The molecular weight excluding hydrogens is 220 g/mol. The van der Waals surface area contributed by atoms with Gasteiger partial charge in [0.2, 0.25) is 0 Å². The first kappa shape index (κ1) is 10.9. The van der Waals surface area contributed by atoms with Crippen molar-refractivity contribution in [1.29, 1.82) is 0 Å². The normalized spacial score (nSPS) is 10.7. The molecule has 0 aliphatic carbocycles. The smallest absolute Gasteiger partial charge is 0.0470 e. The zero-order valence-corrected chi connectivity index (χ0v) is 10.2. The Morgan fingerprint density at radius 1 is 0.611 bits per heavy atom. The molecule has 2 heteroatoms. The lowest BCUT2D eigenvalue weighted by Crippen LogP contribution is -2.00. The summed E-state index contributed by atoms with van der Waals surface area (Å²) >= 11 is 0. The Morgan fingerprint density at radius 2 is 1.06 bits per heavy atom. The van der Waals surface area contributed by atoms with Crippen LogP contribution in [0.2, 0.25) is 0 Å². The van der Waals surface area contributed by atoms with E-state index in [-0.39, 0.29) is 0 Å². The molecular formula is C16H16N2. The molecule has 0 radical (unpaired) electrons. The molecule has 0 saturated carbocycles. The van der Waals surface area contributed by atoms with Crippen molar-refractivity contribution in [3.8, 4) is 0 Å². The van der Waals surface area contributed by atoms with E-state index in [4.69, 9.17) is 0 Å². The molecule has 0 atom stereocenters. The van der Waals surface area contributed by atoms with E-state index in [1.807, 2.05) is 0 Å². The van der Waals surface area contributed by atoms with Crippen molar-refractivity contribution in [3.05, 3.63) is 84.4 Å². The molecule has 0 aliphatic heterocycles. The summed E-state index contributed by atoms with van der Waals surface area (Å²) < 4.78 is 4.38. The van der Waals surface area contributed by atoms with E-state index in [1.54, 1.807) is 0 Å². The van der Waals surface area contributed by atoms with Crippen LogP contribution in [0.4, 0.5) is 0 Å². The predicted octanol–water partition coefficient (Wildman–Crippen LogP) is 3.39. The standard InChI is InChI=1S/C16H16N2/c1-2-9-17(8-1)13-15-6-5-7-16(12-15)14-18-10-3-4-11-18/h1-12H,13-14H2. The summed E-state index contributed by atoms with van der Waals surface area (Å²) in [7, 11) is 0. The first-order chi connectivity index (χ1) is 8.90. The van der Waals surface area contributed by atoms with E-state index in [1.165, 1.54) is 11.1 Å². The van der Waals surface area contributed by atoms with Crippen LogP contribution in [-0.4, -0.2) is 9.13 Å². The first-order valence-electron chi connectivity index (χ1n) is 6.19. The molecule has 0 bridgehead atoms. The predicted molar refractivity (Wildman–Crippen MR) is 73.5 cm³/mol. The van der Waals surface area contributed by atoms with Gasteiger partial charge in [0, 0.05) is 37.9 Å². The molecule has 0 aliphatic rings. The summed E-state index contributed by atoms with van der Waals surface area (Å²) in [6.07, 6.45) is 8.38. The fraction of sp³-hybridized carbons (Fsp3) is 0.125. The molecule has 0 saturated heterocycles. The number of rotatable bonds is 4. The number of aromatic nitrogens is 2. The van der Waals surface area contributed by atoms with Gasteiger partial charge in [0.15, 0.2) is 0 Å². The van der Waals surface area contributed by atoms with Crippen molar-refractivity contribution in [2.75, 3.05) is 0 Å². The molecule has 3 rings (SSSR count). The second-order valence-corrected chi connectivity index (χ2v) is 4.53. The zero-order chi connectivity index (χ0) is 12.2. The van der Waals surface area contributed by atoms with Gasteiger partial charge in [-0.2, -0.15) is 0 Å². The van der Waals surface area contributed by atoms with Crippen LogP contribution in [0.1, 0.15) is 11.1 Å². The monoisotopic (exact) mass is 236 g/mol. The highest BCUT2D eigenvalue weighted by Crippen LogP contribution is 2.09. The van der Waals surface area contributed by atoms with Crippen LogP contribution in [0.3, 0.4) is 0 Å². The molecule has 2 heterocycles.